The van der Waals surface area contributed by atoms with E-state index in [0.29, 0.717) is 23.6 Å². The molecule has 1 aromatic carbocycles. The Morgan fingerprint density at radius 3 is 2.38 bits per heavy atom. The van der Waals surface area contributed by atoms with Crippen LogP contribution in [-0.4, -0.2) is 50.6 Å². The number of halogens is 1. The van der Waals surface area contributed by atoms with Crippen LogP contribution in [0.15, 0.2) is 24.3 Å². The van der Waals surface area contributed by atoms with Crippen molar-refractivity contribution < 1.29 is 22.7 Å². The molecular weight excluding hydrogens is 356 g/mol. The number of anilines is 1. The number of nitrogens with zero attached hydrogens (tertiary/aromatic N) is 1. The first-order valence-electron chi connectivity index (χ1n) is 7.43. The van der Waals surface area contributed by atoms with Crippen LogP contribution in [0, 0.1) is 5.92 Å². The molecule has 1 amide bonds. The van der Waals surface area contributed by atoms with Crippen molar-refractivity contribution in [2.24, 2.45) is 5.92 Å². The molecule has 0 spiro atoms. The Morgan fingerprint density at radius 1 is 1.25 bits per heavy atom. The van der Waals surface area contributed by atoms with Gasteiger partial charge < -0.3 is 10.1 Å². The lowest BCUT2D eigenvalue weighted by Gasteiger charge is -2.28. The molecule has 0 aliphatic carbocycles. The summed E-state index contributed by atoms with van der Waals surface area (Å²) in [5.41, 5.74) is 0.557. The zero-order chi connectivity index (χ0) is 17.7. The van der Waals surface area contributed by atoms with Crippen LogP contribution in [0.5, 0.6) is 0 Å². The Kier molecular flexibility index (Phi) is 6.20. The lowest BCUT2D eigenvalue weighted by molar-refractivity contribution is -0.152. The predicted octanol–water partition coefficient (Wildman–Crippen LogP) is 1.49. The largest absolute Gasteiger partial charge is 0.455 e. The van der Waals surface area contributed by atoms with Crippen molar-refractivity contribution >= 4 is 39.2 Å². The molecule has 0 atom stereocenters. The van der Waals surface area contributed by atoms with Crippen LogP contribution in [-0.2, 0) is 24.3 Å². The molecular formula is C15H19ClN2O5S. The highest BCUT2D eigenvalue weighted by atomic mass is 35.5. The van der Waals surface area contributed by atoms with E-state index < -0.39 is 21.9 Å². The second-order valence-corrected chi connectivity index (χ2v) is 8.02. The minimum Gasteiger partial charge on any atom is -0.455 e. The molecule has 132 valence electrons. The highest BCUT2D eigenvalue weighted by Gasteiger charge is 2.30. The van der Waals surface area contributed by atoms with Crippen molar-refractivity contribution in [3.8, 4) is 0 Å². The van der Waals surface area contributed by atoms with Gasteiger partial charge in [-0.25, -0.2) is 12.7 Å². The molecule has 0 radical (unpaired) electrons. The summed E-state index contributed by atoms with van der Waals surface area (Å²) in [7, 11) is -3.23. The van der Waals surface area contributed by atoms with Crippen LogP contribution < -0.4 is 5.32 Å². The van der Waals surface area contributed by atoms with Gasteiger partial charge in [0, 0.05) is 23.8 Å². The summed E-state index contributed by atoms with van der Waals surface area (Å²) in [4.78, 5) is 23.7. The molecule has 1 fully saturated rings. The Labute approximate surface area is 146 Å². The fourth-order valence-electron chi connectivity index (χ4n) is 2.41. The number of ether oxygens (including phenoxy) is 1. The highest BCUT2D eigenvalue weighted by Crippen LogP contribution is 2.20. The van der Waals surface area contributed by atoms with Crippen LogP contribution in [0.3, 0.4) is 0 Å². The van der Waals surface area contributed by atoms with Crippen LogP contribution in [0.25, 0.3) is 0 Å². The van der Waals surface area contributed by atoms with Crippen molar-refractivity contribution in [2.75, 3.05) is 31.3 Å². The minimum atomic E-state index is -3.23. The van der Waals surface area contributed by atoms with E-state index in [0.717, 1.165) is 6.26 Å². The number of esters is 1. The fraction of sp³-hybridized carbons (Fsp3) is 0.467. The minimum absolute atomic E-state index is 0.287. The topological polar surface area (TPSA) is 92.8 Å². The Bertz CT molecular complexity index is 697. The van der Waals surface area contributed by atoms with Crippen molar-refractivity contribution in [2.45, 2.75) is 12.8 Å². The summed E-state index contributed by atoms with van der Waals surface area (Å²) in [5, 5.41) is 3.15. The van der Waals surface area contributed by atoms with Gasteiger partial charge in [-0.05, 0) is 37.1 Å². The first kappa shape index (κ1) is 18.7. The lowest BCUT2D eigenvalue weighted by Crippen LogP contribution is -2.40. The average molecular weight is 375 g/mol. The number of sulfonamides is 1. The van der Waals surface area contributed by atoms with Crippen molar-refractivity contribution in [1.82, 2.24) is 4.31 Å². The summed E-state index contributed by atoms with van der Waals surface area (Å²) in [6.45, 7) is 0.193. The summed E-state index contributed by atoms with van der Waals surface area (Å²) in [6, 6.07) is 6.56. The first-order valence-corrected chi connectivity index (χ1v) is 9.65. The maximum Gasteiger partial charge on any atom is 0.309 e. The second kappa shape index (κ2) is 7.96. The third kappa shape index (κ3) is 5.47. The number of nitrogens with one attached hydrogen (secondary N) is 1. The summed E-state index contributed by atoms with van der Waals surface area (Å²) in [5.74, 6) is -1.31. The Morgan fingerprint density at radius 2 is 1.83 bits per heavy atom. The van der Waals surface area contributed by atoms with E-state index >= 15 is 0 Å². The van der Waals surface area contributed by atoms with E-state index in [4.69, 9.17) is 16.3 Å². The van der Waals surface area contributed by atoms with Gasteiger partial charge in [0.05, 0.1) is 12.2 Å². The summed E-state index contributed by atoms with van der Waals surface area (Å²) >= 11 is 5.75. The number of carbonyl (C=O) groups is 2. The number of hydrogen-bond acceptors (Lipinski definition) is 5. The molecule has 0 aromatic heterocycles. The molecule has 1 heterocycles. The number of amides is 1. The molecule has 1 N–H and O–H groups in total. The zero-order valence-electron chi connectivity index (χ0n) is 13.2. The monoisotopic (exact) mass is 374 g/mol. The third-order valence-electron chi connectivity index (χ3n) is 3.73. The molecule has 1 aliphatic rings. The van der Waals surface area contributed by atoms with Crippen molar-refractivity contribution in [3.05, 3.63) is 29.3 Å². The standard InChI is InChI=1S/C15H19ClN2O5S/c1-24(21,22)18-8-6-11(7-9-18)15(20)23-10-14(19)17-13-4-2-12(16)3-5-13/h2-5,11H,6-10H2,1H3,(H,17,19). The van der Waals surface area contributed by atoms with Crippen LogP contribution in [0.2, 0.25) is 5.02 Å². The molecule has 0 bridgehead atoms. The molecule has 7 nitrogen and oxygen atoms in total. The molecule has 1 aliphatic heterocycles. The van der Waals surface area contributed by atoms with Gasteiger partial charge in [0.25, 0.3) is 5.91 Å². The Balaban J connectivity index is 1.75. The molecule has 0 saturated carbocycles. The zero-order valence-corrected chi connectivity index (χ0v) is 14.8. The van der Waals surface area contributed by atoms with Crippen molar-refractivity contribution in [1.29, 1.82) is 0 Å². The maximum atomic E-state index is 12.0. The molecule has 1 saturated heterocycles. The quantitative estimate of drug-likeness (QED) is 0.788. The van der Waals surface area contributed by atoms with Crippen LogP contribution in [0.4, 0.5) is 5.69 Å². The third-order valence-corrected chi connectivity index (χ3v) is 5.28. The van der Waals surface area contributed by atoms with Crippen LogP contribution in [0.1, 0.15) is 12.8 Å². The van der Waals surface area contributed by atoms with Gasteiger partial charge in [-0.1, -0.05) is 11.6 Å². The molecule has 0 unspecified atom stereocenters. The van der Waals surface area contributed by atoms with Crippen molar-refractivity contribution in [3.63, 3.8) is 0 Å². The molecule has 24 heavy (non-hydrogen) atoms. The molecule has 9 heteroatoms. The number of hydrogen-bond donors (Lipinski definition) is 1. The van der Waals surface area contributed by atoms with E-state index in [1.54, 1.807) is 24.3 Å². The summed E-state index contributed by atoms with van der Waals surface area (Å²) < 4.78 is 29.2. The van der Waals surface area contributed by atoms with Gasteiger partial charge in [-0.2, -0.15) is 0 Å². The average Bonchev–Trinajstić information content (AvgIpc) is 2.54. The van der Waals surface area contributed by atoms with Crippen LogP contribution >= 0.6 is 11.6 Å². The van der Waals surface area contributed by atoms with E-state index in [1.165, 1.54) is 4.31 Å². The SMILES string of the molecule is CS(=O)(=O)N1CCC(C(=O)OCC(=O)Nc2ccc(Cl)cc2)CC1. The van der Waals surface area contributed by atoms with E-state index in [9.17, 15) is 18.0 Å². The van der Waals surface area contributed by atoms with Gasteiger partial charge in [0.2, 0.25) is 10.0 Å². The number of benzene rings is 1. The second-order valence-electron chi connectivity index (χ2n) is 5.60. The normalized spacial score (nSPS) is 16.6. The van der Waals surface area contributed by atoms with Gasteiger partial charge >= 0.3 is 5.97 Å². The van der Waals surface area contributed by atoms with Gasteiger partial charge in [-0.15, -0.1) is 0 Å². The maximum absolute atomic E-state index is 12.0. The van der Waals surface area contributed by atoms with E-state index in [2.05, 4.69) is 5.32 Å². The van der Waals surface area contributed by atoms with E-state index in [-0.39, 0.29) is 25.6 Å². The number of carbonyl (C=O) groups excluding carboxylic acids is 2. The van der Waals surface area contributed by atoms with E-state index in [1.807, 2.05) is 0 Å². The predicted molar refractivity (Wildman–Crippen MR) is 90.2 cm³/mol. The smallest absolute Gasteiger partial charge is 0.309 e. The number of rotatable bonds is 5. The fourth-order valence-corrected chi connectivity index (χ4v) is 3.41. The Hall–Kier alpha value is -1.64. The lowest BCUT2D eigenvalue weighted by atomic mass is 9.98. The van der Waals surface area contributed by atoms with Gasteiger partial charge in [0.15, 0.2) is 6.61 Å². The first-order chi connectivity index (χ1) is 11.3. The number of piperidine rings is 1. The molecule has 2 rings (SSSR count). The molecule has 1 aromatic rings. The summed E-state index contributed by atoms with van der Waals surface area (Å²) in [6.07, 6.45) is 1.93. The van der Waals surface area contributed by atoms with Gasteiger partial charge in [-0.3, -0.25) is 9.59 Å². The highest BCUT2D eigenvalue weighted by molar-refractivity contribution is 7.88. The van der Waals surface area contributed by atoms with Gasteiger partial charge in [0.1, 0.15) is 0 Å².